The molecule has 0 aliphatic rings. The van der Waals surface area contributed by atoms with Crippen LogP contribution in [0.2, 0.25) is 5.02 Å². The molecule has 1 heterocycles. The standard InChI is InChI=1S/C14H13ClO5/c1-8(19-10-4-2-3-9(15)7-10)13(16)11-5-6-12(20-11)14(17)18/h2-8,13,16H,1H3,(H,17,18). The van der Waals surface area contributed by atoms with Crippen molar-refractivity contribution in [3.63, 3.8) is 0 Å². The Balaban J connectivity index is 2.07. The highest BCUT2D eigenvalue weighted by atomic mass is 35.5. The second kappa shape index (κ2) is 5.98. The van der Waals surface area contributed by atoms with Gasteiger partial charge in [-0.05, 0) is 37.3 Å². The van der Waals surface area contributed by atoms with Crippen LogP contribution in [0.5, 0.6) is 5.75 Å². The molecule has 1 aromatic heterocycles. The number of aromatic carboxylic acids is 1. The third-order valence-corrected chi connectivity index (χ3v) is 2.93. The second-order valence-electron chi connectivity index (χ2n) is 4.23. The van der Waals surface area contributed by atoms with Gasteiger partial charge in [-0.3, -0.25) is 0 Å². The zero-order valence-electron chi connectivity index (χ0n) is 10.6. The van der Waals surface area contributed by atoms with Crippen LogP contribution in [0.1, 0.15) is 29.3 Å². The van der Waals surface area contributed by atoms with Crippen LogP contribution in [-0.4, -0.2) is 22.3 Å². The molecule has 0 spiro atoms. The van der Waals surface area contributed by atoms with Crippen LogP contribution in [0.15, 0.2) is 40.8 Å². The monoisotopic (exact) mass is 296 g/mol. The van der Waals surface area contributed by atoms with Gasteiger partial charge in [-0.15, -0.1) is 0 Å². The maximum Gasteiger partial charge on any atom is 0.371 e. The summed E-state index contributed by atoms with van der Waals surface area (Å²) in [6.45, 7) is 1.65. The van der Waals surface area contributed by atoms with Crippen molar-refractivity contribution in [3.05, 3.63) is 52.9 Å². The molecule has 0 fully saturated rings. The van der Waals surface area contributed by atoms with E-state index in [0.717, 1.165) is 0 Å². The molecule has 0 saturated carbocycles. The van der Waals surface area contributed by atoms with Crippen molar-refractivity contribution in [2.45, 2.75) is 19.1 Å². The zero-order chi connectivity index (χ0) is 14.7. The number of carboxylic acids is 1. The number of aliphatic hydroxyl groups is 1. The third-order valence-electron chi connectivity index (χ3n) is 2.69. The molecule has 0 aliphatic carbocycles. The Hall–Kier alpha value is -1.98. The van der Waals surface area contributed by atoms with Gasteiger partial charge in [0.1, 0.15) is 23.7 Å². The minimum absolute atomic E-state index is 0.136. The lowest BCUT2D eigenvalue weighted by Crippen LogP contribution is -2.21. The highest BCUT2D eigenvalue weighted by Crippen LogP contribution is 2.25. The molecule has 0 saturated heterocycles. The summed E-state index contributed by atoms with van der Waals surface area (Å²) in [5.41, 5.74) is 0. The summed E-state index contributed by atoms with van der Waals surface area (Å²) in [4.78, 5) is 10.7. The molecule has 2 aromatic rings. The Morgan fingerprint density at radius 2 is 2.10 bits per heavy atom. The summed E-state index contributed by atoms with van der Waals surface area (Å²) >= 11 is 5.84. The number of hydrogen-bond donors (Lipinski definition) is 2. The predicted molar refractivity (Wildman–Crippen MR) is 72.2 cm³/mol. The smallest absolute Gasteiger partial charge is 0.371 e. The molecule has 0 amide bonds. The van der Waals surface area contributed by atoms with Crippen molar-refractivity contribution in [1.82, 2.24) is 0 Å². The van der Waals surface area contributed by atoms with Crippen LogP contribution in [0.4, 0.5) is 0 Å². The molecule has 2 atom stereocenters. The lowest BCUT2D eigenvalue weighted by Gasteiger charge is -2.19. The summed E-state index contributed by atoms with van der Waals surface area (Å²) < 4.78 is 10.6. The largest absolute Gasteiger partial charge is 0.487 e. The van der Waals surface area contributed by atoms with E-state index >= 15 is 0 Å². The summed E-state index contributed by atoms with van der Waals surface area (Å²) in [5.74, 6) is -0.771. The molecule has 2 N–H and O–H groups in total. The van der Waals surface area contributed by atoms with E-state index in [-0.39, 0.29) is 11.5 Å². The maximum atomic E-state index is 10.7. The van der Waals surface area contributed by atoms with Crippen molar-refractivity contribution >= 4 is 17.6 Å². The van der Waals surface area contributed by atoms with Gasteiger partial charge < -0.3 is 19.4 Å². The highest BCUT2D eigenvalue weighted by molar-refractivity contribution is 6.30. The molecule has 20 heavy (non-hydrogen) atoms. The van der Waals surface area contributed by atoms with Gasteiger partial charge in [0.25, 0.3) is 0 Å². The first-order valence-corrected chi connectivity index (χ1v) is 6.28. The maximum absolute atomic E-state index is 10.7. The summed E-state index contributed by atoms with van der Waals surface area (Å²) in [6, 6.07) is 9.46. The van der Waals surface area contributed by atoms with E-state index in [1.54, 1.807) is 31.2 Å². The van der Waals surface area contributed by atoms with E-state index in [1.807, 2.05) is 0 Å². The zero-order valence-corrected chi connectivity index (χ0v) is 11.4. The quantitative estimate of drug-likeness (QED) is 0.886. The number of ether oxygens (including phenoxy) is 1. The lowest BCUT2D eigenvalue weighted by atomic mass is 10.2. The Morgan fingerprint density at radius 1 is 1.35 bits per heavy atom. The number of aliphatic hydroxyl groups excluding tert-OH is 1. The number of furan rings is 1. The number of carboxylic acid groups (broad SMARTS) is 1. The van der Waals surface area contributed by atoms with Gasteiger partial charge in [0.05, 0.1) is 0 Å². The minimum atomic E-state index is -1.19. The molecule has 0 bridgehead atoms. The van der Waals surface area contributed by atoms with E-state index in [1.165, 1.54) is 12.1 Å². The first kappa shape index (κ1) is 14.4. The van der Waals surface area contributed by atoms with E-state index in [2.05, 4.69) is 0 Å². The fourth-order valence-corrected chi connectivity index (χ4v) is 1.86. The molecular weight excluding hydrogens is 284 g/mol. The summed E-state index contributed by atoms with van der Waals surface area (Å²) in [6.07, 6.45) is -1.71. The van der Waals surface area contributed by atoms with Gasteiger partial charge in [-0.2, -0.15) is 0 Å². The van der Waals surface area contributed by atoms with Crippen molar-refractivity contribution in [2.75, 3.05) is 0 Å². The molecule has 2 rings (SSSR count). The van der Waals surface area contributed by atoms with Crippen molar-refractivity contribution in [1.29, 1.82) is 0 Å². The number of carbonyl (C=O) groups is 1. The third kappa shape index (κ3) is 3.31. The number of halogens is 1. The first-order chi connectivity index (χ1) is 9.47. The van der Waals surface area contributed by atoms with Crippen LogP contribution in [0, 0.1) is 0 Å². The normalized spacial score (nSPS) is 13.8. The van der Waals surface area contributed by atoms with Crippen molar-refractivity contribution in [2.24, 2.45) is 0 Å². The van der Waals surface area contributed by atoms with Gasteiger partial charge in [-0.1, -0.05) is 17.7 Å². The molecule has 6 heteroatoms. The van der Waals surface area contributed by atoms with Crippen LogP contribution in [0.25, 0.3) is 0 Å². The highest BCUT2D eigenvalue weighted by Gasteiger charge is 2.23. The minimum Gasteiger partial charge on any atom is -0.487 e. The molecule has 0 radical (unpaired) electrons. The molecule has 1 aromatic carbocycles. The molecule has 106 valence electrons. The van der Waals surface area contributed by atoms with Gasteiger partial charge >= 0.3 is 5.97 Å². The van der Waals surface area contributed by atoms with Gasteiger partial charge in [-0.25, -0.2) is 4.79 Å². The fraction of sp³-hybridized carbons (Fsp3) is 0.214. The molecule has 0 aliphatic heterocycles. The Bertz CT molecular complexity index is 607. The number of benzene rings is 1. The molecule has 2 unspecified atom stereocenters. The van der Waals surface area contributed by atoms with Crippen molar-refractivity contribution < 1.29 is 24.2 Å². The van der Waals surface area contributed by atoms with E-state index in [4.69, 9.17) is 25.9 Å². The lowest BCUT2D eigenvalue weighted by molar-refractivity contribution is 0.0301. The average molecular weight is 297 g/mol. The van der Waals surface area contributed by atoms with Crippen LogP contribution >= 0.6 is 11.6 Å². The molecule has 5 nitrogen and oxygen atoms in total. The SMILES string of the molecule is CC(Oc1cccc(Cl)c1)C(O)c1ccc(C(=O)O)o1. The Labute approximate surface area is 120 Å². The number of hydrogen-bond acceptors (Lipinski definition) is 4. The fourth-order valence-electron chi connectivity index (χ4n) is 1.68. The average Bonchev–Trinajstić information content (AvgIpc) is 2.87. The van der Waals surface area contributed by atoms with Crippen LogP contribution < -0.4 is 4.74 Å². The van der Waals surface area contributed by atoms with Crippen molar-refractivity contribution in [3.8, 4) is 5.75 Å². The topological polar surface area (TPSA) is 79.9 Å². The van der Waals surface area contributed by atoms with Gasteiger partial charge in [0.15, 0.2) is 0 Å². The number of rotatable bonds is 5. The predicted octanol–water partition coefficient (Wildman–Crippen LogP) is 3.13. The first-order valence-electron chi connectivity index (χ1n) is 5.90. The van der Waals surface area contributed by atoms with Gasteiger partial charge in [0, 0.05) is 5.02 Å². The Kier molecular flexibility index (Phi) is 4.32. The van der Waals surface area contributed by atoms with Crippen LogP contribution in [-0.2, 0) is 0 Å². The van der Waals surface area contributed by atoms with Crippen LogP contribution in [0.3, 0.4) is 0 Å². The van der Waals surface area contributed by atoms with E-state index in [9.17, 15) is 9.90 Å². The summed E-state index contributed by atoms with van der Waals surface area (Å²) in [5, 5.41) is 19.4. The van der Waals surface area contributed by atoms with Gasteiger partial charge in [0.2, 0.25) is 5.76 Å². The van der Waals surface area contributed by atoms with E-state index in [0.29, 0.717) is 10.8 Å². The second-order valence-corrected chi connectivity index (χ2v) is 4.67. The molecular formula is C14H13ClO5. The summed E-state index contributed by atoms with van der Waals surface area (Å²) in [7, 11) is 0. The Morgan fingerprint density at radius 3 is 2.70 bits per heavy atom. The van der Waals surface area contributed by atoms with E-state index < -0.39 is 18.2 Å².